The zero-order chi connectivity index (χ0) is 16.0. The zero-order valence-electron chi connectivity index (χ0n) is 13.1. The fourth-order valence-corrected chi connectivity index (χ4v) is 2.39. The molecule has 0 fully saturated rings. The van der Waals surface area contributed by atoms with Crippen molar-refractivity contribution in [2.24, 2.45) is 5.92 Å². The molecule has 0 spiro atoms. The maximum atomic E-state index is 12.2. The standard InChI is InChI=1S/C19H23NO2/c1-15(13-16-9-5-3-6-10-16)18(21)20-14-19(2,22)17-11-7-4-8-12-17/h3-12,15,22H,13-14H2,1-2H3,(H,20,21). The van der Waals surface area contributed by atoms with E-state index in [1.54, 1.807) is 6.92 Å². The average Bonchev–Trinajstić information content (AvgIpc) is 2.54. The summed E-state index contributed by atoms with van der Waals surface area (Å²) in [5.41, 5.74) is 0.870. The first-order valence-corrected chi connectivity index (χ1v) is 7.58. The Kier molecular flexibility index (Phi) is 5.34. The molecule has 2 aromatic rings. The van der Waals surface area contributed by atoms with E-state index in [4.69, 9.17) is 0 Å². The summed E-state index contributed by atoms with van der Waals surface area (Å²) in [5, 5.41) is 13.3. The lowest BCUT2D eigenvalue weighted by Gasteiger charge is -2.25. The van der Waals surface area contributed by atoms with Crippen molar-refractivity contribution >= 4 is 5.91 Å². The summed E-state index contributed by atoms with van der Waals surface area (Å²) in [7, 11) is 0. The van der Waals surface area contributed by atoms with E-state index in [-0.39, 0.29) is 18.4 Å². The van der Waals surface area contributed by atoms with Gasteiger partial charge in [-0.05, 0) is 24.5 Å². The number of amides is 1. The first kappa shape index (κ1) is 16.2. The normalized spacial score (nSPS) is 14.9. The molecule has 2 N–H and O–H groups in total. The minimum Gasteiger partial charge on any atom is -0.384 e. The van der Waals surface area contributed by atoms with Crippen molar-refractivity contribution < 1.29 is 9.90 Å². The first-order chi connectivity index (χ1) is 10.5. The molecule has 0 aliphatic heterocycles. The van der Waals surface area contributed by atoms with Crippen LogP contribution in [-0.4, -0.2) is 17.6 Å². The molecule has 0 saturated heterocycles. The Morgan fingerprint density at radius 3 is 2.23 bits per heavy atom. The Morgan fingerprint density at radius 1 is 1.09 bits per heavy atom. The summed E-state index contributed by atoms with van der Waals surface area (Å²) < 4.78 is 0. The highest BCUT2D eigenvalue weighted by Gasteiger charge is 2.24. The van der Waals surface area contributed by atoms with Gasteiger partial charge in [-0.15, -0.1) is 0 Å². The van der Waals surface area contributed by atoms with Gasteiger partial charge in [0.1, 0.15) is 5.60 Å². The van der Waals surface area contributed by atoms with Gasteiger partial charge in [0.2, 0.25) is 5.91 Å². The number of aliphatic hydroxyl groups is 1. The van der Waals surface area contributed by atoms with Gasteiger partial charge in [-0.2, -0.15) is 0 Å². The van der Waals surface area contributed by atoms with E-state index in [2.05, 4.69) is 5.32 Å². The number of hydrogen-bond acceptors (Lipinski definition) is 2. The second kappa shape index (κ2) is 7.23. The second-order valence-corrected chi connectivity index (χ2v) is 5.95. The smallest absolute Gasteiger partial charge is 0.223 e. The van der Waals surface area contributed by atoms with Crippen molar-refractivity contribution in [2.75, 3.05) is 6.54 Å². The highest BCUT2D eigenvalue weighted by molar-refractivity contribution is 5.78. The Morgan fingerprint density at radius 2 is 1.64 bits per heavy atom. The Hall–Kier alpha value is -2.13. The third-order valence-electron chi connectivity index (χ3n) is 3.83. The number of hydrogen-bond donors (Lipinski definition) is 2. The van der Waals surface area contributed by atoms with Crippen LogP contribution in [0.25, 0.3) is 0 Å². The fraction of sp³-hybridized carbons (Fsp3) is 0.316. The van der Waals surface area contributed by atoms with Crippen molar-refractivity contribution in [3.8, 4) is 0 Å². The van der Waals surface area contributed by atoms with E-state index < -0.39 is 5.60 Å². The van der Waals surface area contributed by atoms with Gasteiger partial charge in [0, 0.05) is 5.92 Å². The van der Waals surface area contributed by atoms with Crippen molar-refractivity contribution in [1.29, 1.82) is 0 Å². The van der Waals surface area contributed by atoms with E-state index >= 15 is 0 Å². The predicted molar refractivity (Wildman–Crippen MR) is 88.3 cm³/mol. The van der Waals surface area contributed by atoms with Gasteiger partial charge in [-0.1, -0.05) is 67.6 Å². The number of nitrogens with one attached hydrogen (secondary N) is 1. The minimum atomic E-state index is -1.07. The summed E-state index contributed by atoms with van der Waals surface area (Å²) in [6, 6.07) is 19.3. The number of carbonyl (C=O) groups excluding carboxylic acids is 1. The van der Waals surface area contributed by atoms with Crippen molar-refractivity contribution in [3.05, 3.63) is 71.8 Å². The zero-order valence-corrected chi connectivity index (χ0v) is 13.1. The predicted octanol–water partition coefficient (Wildman–Crippen LogP) is 2.89. The highest BCUT2D eigenvalue weighted by Crippen LogP contribution is 2.19. The lowest BCUT2D eigenvalue weighted by atomic mass is 9.95. The monoisotopic (exact) mass is 297 g/mol. The summed E-state index contributed by atoms with van der Waals surface area (Å²) in [6.45, 7) is 3.82. The van der Waals surface area contributed by atoms with Gasteiger partial charge in [0.25, 0.3) is 0 Å². The minimum absolute atomic E-state index is 0.0416. The molecule has 0 aliphatic carbocycles. The maximum absolute atomic E-state index is 12.2. The van der Waals surface area contributed by atoms with E-state index in [1.807, 2.05) is 67.6 Å². The molecule has 3 heteroatoms. The molecule has 3 nitrogen and oxygen atoms in total. The molecule has 0 aromatic heterocycles. The van der Waals surface area contributed by atoms with Crippen molar-refractivity contribution in [2.45, 2.75) is 25.9 Å². The largest absolute Gasteiger partial charge is 0.384 e. The van der Waals surface area contributed by atoms with Crippen LogP contribution in [0, 0.1) is 5.92 Å². The summed E-state index contributed by atoms with van der Waals surface area (Å²) >= 11 is 0. The topological polar surface area (TPSA) is 49.3 Å². The van der Waals surface area contributed by atoms with Crippen LogP contribution in [0.4, 0.5) is 0 Å². The van der Waals surface area contributed by atoms with Gasteiger partial charge >= 0.3 is 0 Å². The van der Waals surface area contributed by atoms with Gasteiger partial charge in [-0.25, -0.2) is 0 Å². The maximum Gasteiger partial charge on any atom is 0.223 e. The summed E-state index contributed by atoms with van der Waals surface area (Å²) in [6.07, 6.45) is 0.695. The van der Waals surface area contributed by atoms with Crippen LogP contribution >= 0.6 is 0 Å². The Balaban J connectivity index is 1.89. The third-order valence-corrected chi connectivity index (χ3v) is 3.83. The third kappa shape index (κ3) is 4.43. The van der Waals surface area contributed by atoms with Gasteiger partial charge in [-0.3, -0.25) is 4.79 Å². The molecule has 0 heterocycles. The molecule has 0 saturated carbocycles. The van der Waals surface area contributed by atoms with Crippen LogP contribution in [0.3, 0.4) is 0 Å². The quantitative estimate of drug-likeness (QED) is 0.861. The van der Waals surface area contributed by atoms with Crippen LogP contribution in [-0.2, 0) is 16.8 Å². The van der Waals surface area contributed by atoms with Gasteiger partial charge in [0.15, 0.2) is 0 Å². The molecule has 0 bridgehead atoms. The molecule has 0 aliphatic rings. The van der Waals surface area contributed by atoms with Crippen molar-refractivity contribution in [3.63, 3.8) is 0 Å². The highest BCUT2D eigenvalue weighted by atomic mass is 16.3. The fourth-order valence-electron chi connectivity index (χ4n) is 2.39. The van der Waals surface area contributed by atoms with E-state index in [1.165, 1.54) is 0 Å². The van der Waals surface area contributed by atoms with Gasteiger partial charge < -0.3 is 10.4 Å². The molecule has 0 radical (unpaired) electrons. The number of rotatable bonds is 6. The van der Waals surface area contributed by atoms with E-state index in [9.17, 15) is 9.90 Å². The molecule has 22 heavy (non-hydrogen) atoms. The summed E-state index contributed by atoms with van der Waals surface area (Å²) in [4.78, 5) is 12.2. The van der Waals surface area contributed by atoms with Gasteiger partial charge in [0.05, 0.1) is 6.54 Å². The second-order valence-electron chi connectivity index (χ2n) is 5.95. The molecule has 116 valence electrons. The van der Waals surface area contributed by atoms with Crippen LogP contribution in [0.2, 0.25) is 0 Å². The first-order valence-electron chi connectivity index (χ1n) is 7.58. The molecular formula is C19H23NO2. The van der Waals surface area contributed by atoms with Crippen molar-refractivity contribution in [1.82, 2.24) is 5.32 Å². The molecule has 1 amide bonds. The molecule has 2 aromatic carbocycles. The molecule has 2 atom stereocenters. The Labute approximate surface area is 132 Å². The van der Waals surface area contributed by atoms with Crippen LogP contribution in [0.1, 0.15) is 25.0 Å². The Bertz CT molecular complexity index is 593. The SMILES string of the molecule is CC(Cc1ccccc1)C(=O)NCC(C)(O)c1ccccc1. The average molecular weight is 297 g/mol. The molecule has 2 rings (SSSR count). The van der Waals surface area contributed by atoms with Crippen LogP contribution in [0.15, 0.2) is 60.7 Å². The number of benzene rings is 2. The van der Waals surface area contributed by atoms with Crippen LogP contribution in [0.5, 0.6) is 0 Å². The van der Waals surface area contributed by atoms with E-state index in [0.29, 0.717) is 6.42 Å². The molecule has 2 unspecified atom stereocenters. The number of carbonyl (C=O) groups is 1. The van der Waals surface area contributed by atoms with Crippen LogP contribution < -0.4 is 5.32 Å². The molecular weight excluding hydrogens is 274 g/mol. The lowest BCUT2D eigenvalue weighted by molar-refractivity contribution is -0.125. The lowest BCUT2D eigenvalue weighted by Crippen LogP contribution is -2.41. The summed E-state index contributed by atoms with van der Waals surface area (Å²) in [5.74, 6) is -0.172. The van der Waals surface area contributed by atoms with E-state index in [0.717, 1.165) is 11.1 Å².